The molecule has 0 aliphatic rings. The SMILES string of the molecule is Nc1ccc(/N=N/c2ccccc2)cc1.Nc1ccc(/N=N/c2ccccc2)cc1.Nc1ccc(/N=N/c2ccccc2)cc1.Nc1ccc(/N=N/c2ccccc2)cc1.O=P(O)(O)O.O=P(O)(O)O. The van der Waals surface area contributed by atoms with Gasteiger partial charge in [-0.25, -0.2) is 9.13 Å². The van der Waals surface area contributed by atoms with Crippen LogP contribution in [0.1, 0.15) is 0 Å². The Morgan fingerprint density at radius 2 is 0.343 bits per heavy atom. The van der Waals surface area contributed by atoms with E-state index < -0.39 is 15.6 Å². The number of hydrogen-bond acceptors (Lipinski definition) is 14. The maximum Gasteiger partial charge on any atom is 0.466 e. The Labute approximate surface area is 403 Å². The van der Waals surface area contributed by atoms with Gasteiger partial charge in [-0.05, 0) is 146 Å². The molecule has 8 aromatic rings. The number of azo groups is 4. The third-order valence-electron chi connectivity index (χ3n) is 7.72. The largest absolute Gasteiger partial charge is 0.466 e. The lowest BCUT2D eigenvalue weighted by Crippen LogP contribution is -1.80. The van der Waals surface area contributed by atoms with Gasteiger partial charge >= 0.3 is 15.6 Å². The van der Waals surface area contributed by atoms with Gasteiger partial charge < -0.3 is 52.3 Å². The van der Waals surface area contributed by atoms with Crippen molar-refractivity contribution in [2.45, 2.75) is 0 Å². The van der Waals surface area contributed by atoms with E-state index in [1.807, 2.05) is 170 Å². The molecule has 8 aromatic carbocycles. The van der Waals surface area contributed by atoms with Gasteiger partial charge in [0.15, 0.2) is 0 Å². The molecule has 0 fully saturated rings. The molecule has 0 amide bonds. The molecule has 0 aliphatic heterocycles. The predicted molar refractivity (Wildman–Crippen MR) is 274 cm³/mol. The van der Waals surface area contributed by atoms with E-state index >= 15 is 0 Å². The zero-order valence-electron chi connectivity index (χ0n) is 37.1. The minimum atomic E-state index is -4.64. The molecule has 360 valence electrons. The summed E-state index contributed by atoms with van der Waals surface area (Å²) < 4.78 is 17.8. The van der Waals surface area contributed by atoms with Gasteiger partial charge in [-0.3, -0.25) is 0 Å². The van der Waals surface area contributed by atoms with Crippen LogP contribution in [-0.2, 0) is 9.13 Å². The number of nitrogens with zero attached hydrogens (tertiary/aromatic N) is 8. The second kappa shape index (κ2) is 30.8. The van der Waals surface area contributed by atoms with Gasteiger partial charge in [0.1, 0.15) is 0 Å². The topological polar surface area (TPSA) is 358 Å². The Balaban J connectivity index is 0.000000232. The lowest BCUT2D eigenvalue weighted by molar-refractivity contribution is 0.272. The summed E-state index contributed by atoms with van der Waals surface area (Å²) in [4.78, 5) is 43.1. The Kier molecular flexibility index (Phi) is 24.6. The summed E-state index contributed by atoms with van der Waals surface area (Å²) in [5.74, 6) is 0. The monoisotopic (exact) mass is 984 g/mol. The molecule has 0 heterocycles. The molecule has 0 radical (unpaired) electrons. The van der Waals surface area contributed by atoms with Gasteiger partial charge in [0.25, 0.3) is 0 Å². The highest BCUT2D eigenvalue weighted by atomic mass is 31.2. The number of phosphoric acid groups is 2. The van der Waals surface area contributed by atoms with Crippen molar-refractivity contribution in [1.29, 1.82) is 0 Å². The molecule has 0 aliphatic carbocycles. The molecule has 0 unspecified atom stereocenters. The molecule has 0 saturated heterocycles. The van der Waals surface area contributed by atoms with Gasteiger partial charge in [0.2, 0.25) is 0 Å². The second-order valence-electron chi connectivity index (χ2n) is 13.5. The lowest BCUT2D eigenvalue weighted by Gasteiger charge is -1.93. The molecule has 70 heavy (non-hydrogen) atoms. The third kappa shape index (κ3) is 29.3. The molecule has 0 bridgehead atoms. The van der Waals surface area contributed by atoms with Crippen molar-refractivity contribution in [3.63, 3.8) is 0 Å². The van der Waals surface area contributed by atoms with E-state index in [0.717, 1.165) is 68.2 Å². The van der Waals surface area contributed by atoms with E-state index in [9.17, 15) is 0 Å². The first-order valence-corrected chi connectivity index (χ1v) is 23.4. The number of nitrogen functional groups attached to an aromatic ring is 4. The molecule has 0 saturated carbocycles. The summed E-state index contributed by atoms with van der Waals surface area (Å²) in [6.07, 6.45) is 0. The van der Waals surface area contributed by atoms with Crippen molar-refractivity contribution >= 4 is 83.9 Å². The van der Waals surface area contributed by atoms with E-state index in [4.69, 9.17) is 61.4 Å². The van der Waals surface area contributed by atoms with Crippen LogP contribution >= 0.6 is 15.6 Å². The smallest absolute Gasteiger partial charge is 0.399 e. The number of rotatable bonds is 8. The fourth-order valence-corrected chi connectivity index (χ4v) is 4.60. The van der Waals surface area contributed by atoms with E-state index in [-0.39, 0.29) is 0 Å². The highest BCUT2D eigenvalue weighted by Crippen LogP contribution is 2.27. The minimum Gasteiger partial charge on any atom is -0.399 e. The average molecular weight is 985 g/mol. The molecule has 14 N–H and O–H groups in total. The Morgan fingerprint density at radius 3 is 0.471 bits per heavy atom. The van der Waals surface area contributed by atoms with Gasteiger partial charge in [-0.1, -0.05) is 72.8 Å². The summed E-state index contributed by atoms with van der Waals surface area (Å²) in [6.45, 7) is 0. The highest BCUT2D eigenvalue weighted by molar-refractivity contribution is 7.45. The quantitative estimate of drug-likeness (QED) is 0.0386. The van der Waals surface area contributed by atoms with Crippen molar-refractivity contribution in [2.75, 3.05) is 22.9 Å². The molecule has 22 heteroatoms. The Bertz CT molecular complexity index is 2500. The van der Waals surface area contributed by atoms with Crippen LogP contribution in [-0.4, -0.2) is 29.4 Å². The van der Waals surface area contributed by atoms with Crippen LogP contribution < -0.4 is 22.9 Å². The second-order valence-corrected chi connectivity index (χ2v) is 15.6. The van der Waals surface area contributed by atoms with E-state index in [1.54, 1.807) is 48.5 Å². The van der Waals surface area contributed by atoms with Crippen LogP contribution in [0.4, 0.5) is 68.2 Å². The van der Waals surface area contributed by atoms with Crippen molar-refractivity contribution in [3.05, 3.63) is 218 Å². The zero-order chi connectivity index (χ0) is 51.0. The lowest BCUT2D eigenvalue weighted by atomic mass is 10.3. The van der Waals surface area contributed by atoms with E-state index in [0.29, 0.717) is 0 Å². The fourth-order valence-electron chi connectivity index (χ4n) is 4.60. The predicted octanol–water partition coefficient (Wildman–Crippen LogP) is 12.9. The Morgan fingerprint density at radius 1 is 0.229 bits per heavy atom. The number of nitrogens with two attached hydrogens (primary N) is 4. The van der Waals surface area contributed by atoms with Crippen LogP contribution in [0.25, 0.3) is 0 Å². The first kappa shape index (κ1) is 55.9. The first-order chi connectivity index (χ1) is 33.4. The van der Waals surface area contributed by atoms with Gasteiger partial charge in [-0.15, -0.1) is 0 Å². The van der Waals surface area contributed by atoms with E-state index in [2.05, 4.69) is 40.9 Å². The standard InChI is InChI=1S/4C12H11N3.2H3O4P/c4*13-10-6-8-12(9-7-10)15-14-11-4-2-1-3-5-11;2*1-5(2,3)4/h4*1-9H,13H2;2*(H3,1,2,3,4)/b4*15-14+;;. The van der Waals surface area contributed by atoms with Crippen molar-refractivity contribution in [1.82, 2.24) is 0 Å². The maximum atomic E-state index is 8.88. The summed E-state index contributed by atoms with van der Waals surface area (Å²) in [7, 11) is -9.28. The summed E-state index contributed by atoms with van der Waals surface area (Å²) in [5.41, 5.74) is 31.7. The molecule has 20 nitrogen and oxygen atoms in total. The van der Waals surface area contributed by atoms with Crippen LogP contribution in [0.15, 0.2) is 259 Å². The number of benzene rings is 8. The van der Waals surface area contributed by atoms with Crippen LogP contribution in [0.2, 0.25) is 0 Å². The minimum absolute atomic E-state index is 0.730. The van der Waals surface area contributed by atoms with Crippen LogP contribution in [0.3, 0.4) is 0 Å². The molecule has 0 spiro atoms. The van der Waals surface area contributed by atoms with Crippen molar-refractivity contribution in [3.8, 4) is 0 Å². The first-order valence-electron chi connectivity index (χ1n) is 20.2. The Hall–Kier alpha value is -8.42. The van der Waals surface area contributed by atoms with Gasteiger partial charge in [0, 0.05) is 22.7 Å². The summed E-state index contributed by atoms with van der Waals surface area (Å²) in [5, 5.41) is 32.7. The number of hydrogen-bond donors (Lipinski definition) is 10. The number of anilines is 4. The summed E-state index contributed by atoms with van der Waals surface area (Å²) in [6, 6.07) is 67.6. The van der Waals surface area contributed by atoms with Gasteiger partial charge in [0.05, 0.1) is 45.5 Å². The molecule has 0 atom stereocenters. The molecule has 0 aromatic heterocycles. The molecular weight excluding hydrogens is 935 g/mol. The third-order valence-corrected chi connectivity index (χ3v) is 7.72. The van der Waals surface area contributed by atoms with E-state index in [1.165, 1.54) is 0 Å². The maximum absolute atomic E-state index is 8.88. The fraction of sp³-hybridized carbons (Fsp3) is 0. The average Bonchev–Trinajstić information content (AvgIpc) is 3.34. The van der Waals surface area contributed by atoms with Crippen molar-refractivity contribution < 1.29 is 38.5 Å². The zero-order valence-corrected chi connectivity index (χ0v) is 38.9. The van der Waals surface area contributed by atoms with Gasteiger partial charge in [-0.2, -0.15) is 40.9 Å². The molecule has 8 rings (SSSR count). The molecular formula is C48H50N12O8P2. The normalized spacial score (nSPS) is 10.8. The van der Waals surface area contributed by atoms with Crippen LogP contribution in [0, 0.1) is 0 Å². The summed E-state index contributed by atoms with van der Waals surface area (Å²) >= 11 is 0. The highest BCUT2D eigenvalue weighted by Gasteiger charge is 2.01. The van der Waals surface area contributed by atoms with Crippen LogP contribution in [0.5, 0.6) is 0 Å². The van der Waals surface area contributed by atoms with Crippen molar-refractivity contribution in [2.24, 2.45) is 40.9 Å².